The average Bonchev–Trinajstić information content (AvgIpc) is 3.19. The van der Waals surface area contributed by atoms with Crippen LogP contribution < -0.4 is 15.8 Å². The second-order valence-corrected chi connectivity index (χ2v) is 6.06. The second-order valence-electron chi connectivity index (χ2n) is 6.06. The van der Waals surface area contributed by atoms with Crippen molar-refractivity contribution < 1.29 is 9.53 Å². The number of nitrogens with two attached hydrogens (primary N) is 1. The molecule has 0 unspecified atom stereocenters. The molecular weight excluding hydrogens is 312 g/mol. The maximum atomic E-state index is 11.9. The summed E-state index contributed by atoms with van der Waals surface area (Å²) in [7, 11) is 0. The van der Waals surface area contributed by atoms with E-state index in [9.17, 15) is 4.79 Å². The number of hydrogen-bond donors (Lipinski definition) is 2. The predicted octanol–water partition coefficient (Wildman–Crippen LogP) is 3.95. The first-order valence-electron chi connectivity index (χ1n) is 7.41. The molecule has 3 N–H and O–H groups in total. The molecule has 4 nitrogen and oxygen atoms in total. The van der Waals surface area contributed by atoms with Crippen LogP contribution in [0, 0.1) is 13.8 Å². The van der Waals surface area contributed by atoms with E-state index in [1.807, 2.05) is 50.2 Å². The van der Waals surface area contributed by atoms with Gasteiger partial charge in [0.25, 0.3) is 0 Å². The van der Waals surface area contributed by atoms with Gasteiger partial charge < -0.3 is 15.8 Å². The van der Waals surface area contributed by atoms with Crippen LogP contribution in [0.25, 0.3) is 0 Å². The first kappa shape index (κ1) is 17.3. The van der Waals surface area contributed by atoms with Crippen LogP contribution in [0.1, 0.15) is 24.0 Å². The van der Waals surface area contributed by atoms with Gasteiger partial charge in [0.1, 0.15) is 11.5 Å². The van der Waals surface area contributed by atoms with Crippen LogP contribution in [0.2, 0.25) is 0 Å². The molecule has 0 saturated heterocycles. The minimum Gasteiger partial charge on any atom is -0.457 e. The van der Waals surface area contributed by atoms with E-state index < -0.39 is 5.54 Å². The molecule has 122 valence electrons. The zero-order valence-corrected chi connectivity index (χ0v) is 14.1. The summed E-state index contributed by atoms with van der Waals surface area (Å²) in [6, 6.07) is 13.4. The summed E-state index contributed by atoms with van der Waals surface area (Å²) in [6.45, 7) is 4.08. The Labute approximate surface area is 142 Å². The van der Waals surface area contributed by atoms with Gasteiger partial charge in [0.2, 0.25) is 5.91 Å². The van der Waals surface area contributed by atoms with Gasteiger partial charge >= 0.3 is 0 Å². The summed E-state index contributed by atoms with van der Waals surface area (Å²) in [5.41, 5.74) is 8.26. The van der Waals surface area contributed by atoms with Crippen molar-refractivity contribution in [1.29, 1.82) is 0 Å². The van der Waals surface area contributed by atoms with E-state index in [0.29, 0.717) is 0 Å². The fourth-order valence-corrected chi connectivity index (χ4v) is 2.35. The minimum absolute atomic E-state index is 0. The normalized spacial score (nSPS) is 14.6. The molecule has 1 aliphatic rings. The van der Waals surface area contributed by atoms with Crippen molar-refractivity contribution in [2.45, 2.75) is 32.2 Å². The molecule has 0 heterocycles. The van der Waals surface area contributed by atoms with Crippen LogP contribution in [-0.4, -0.2) is 11.4 Å². The molecule has 2 aromatic rings. The Balaban J connectivity index is 0.00000192. The molecule has 0 radical (unpaired) electrons. The average molecular weight is 333 g/mol. The molecule has 1 amide bonds. The highest BCUT2D eigenvalue weighted by Crippen LogP contribution is 2.33. The molecular formula is C18H21ClN2O2. The first-order chi connectivity index (χ1) is 10.4. The zero-order chi connectivity index (χ0) is 15.7. The number of carbonyl (C=O) groups excluding carboxylic acids is 1. The van der Waals surface area contributed by atoms with E-state index in [1.54, 1.807) is 0 Å². The Bertz CT molecular complexity index is 689. The number of halogens is 1. The SMILES string of the molecule is Cc1cc(C)cc(Oc2ccc(NC(=O)C3(N)CC3)cc2)c1.Cl. The maximum Gasteiger partial charge on any atom is 0.244 e. The third-order valence-corrected chi connectivity index (χ3v) is 3.78. The third-order valence-electron chi connectivity index (χ3n) is 3.78. The van der Waals surface area contributed by atoms with Crippen LogP contribution in [0.3, 0.4) is 0 Å². The van der Waals surface area contributed by atoms with Crippen molar-refractivity contribution in [2.24, 2.45) is 5.73 Å². The third kappa shape index (κ3) is 4.24. The number of rotatable bonds is 4. The van der Waals surface area contributed by atoms with E-state index in [0.717, 1.165) is 41.2 Å². The number of ether oxygens (including phenoxy) is 1. The van der Waals surface area contributed by atoms with Gasteiger partial charge in [-0.2, -0.15) is 0 Å². The lowest BCUT2D eigenvalue weighted by atomic mass is 10.1. The fourth-order valence-electron chi connectivity index (χ4n) is 2.35. The zero-order valence-electron chi connectivity index (χ0n) is 13.3. The molecule has 0 bridgehead atoms. The van der Waals surface area contributed by atoms with E-state index in [4.69, 9.17) is 10.5 Å². The fraction of sp³-hybridized carbons (Fsp3) is 0.278. The highest BCUT2D eigenvalue weighted by molar-refractivity contribution is 6.00. The summed E-state index contributed by atoms with van der Waals surface area (Å²) < 4.78 is 5.84. The van der Waals surface area contributed by atoms with E-state index >= 15 is 0 Å². The Hall–Kier alpha value is -2.04. The van der Waals surface area contributed by atoms with E-state index in [-0.39, 0.29) is 18.3 Å². The molecule has 0 spiro atoms. The van der Waals surface area contributed by atoms with Crippen molar-refractivity contribution in [3.05, 3.63) is 53.6 Å². The van der Waals surface area contributed by atoms with Crippen molar-refractivity contribution in [2.75, 3.05) is 5.32 Å². The van der Waals surface area contributed by atoms with Crippen molar-refractivity contribution in [3.8, 4) is 11.5 Å². The lowest BCUT2D eigenvalue weighted by Gasteiger charge is -2.11. The highest BCUT2D eigenvalue weighted by Gasteiger charge is 2.45. The van der Waals surface area contributed by atoms with Gasteiger partial charge in [0, 0.05) is 5.69 Å². The highest BCUT2D eigenvalue weighted by atomic mass is 35.5. The summed E-state index contributed by atoms with van der Waals surface area (Å²) in [4.78, 5) is 11.9. The van der Waals surface area contributed by atoms with E-state index in [2.05, 4.69) is 11.4 Å². The number of amides is 1. The topological polar surface area (TPSA) is 64.3 Å². The number of benzene rings is 2. The quantitative estimate of drug-likeness (QED) is 0.891. The summed E-state index contributed by atoms with van der Waals surface area (Å²) in [5.74, 6) is 1.43. The number of anilines is 1. The number of carbonyl (C=O) groups is 1. The molecule has 0 atom stereocenters. The smallest absolute Gasteiger partial charge is 0.244 e. The maximum absolute atomic E-state index is 11.9. The minimum atomic E-state index is -0.658. The van der Waals surface area contributed by atoms with Crippen LogP contribution in [0.5, 0.6) is 11.5 Å². The van der Waals surface area contributed by atoms with Gasteiger partial charge in [0.15, 0.2) is 0 Å². The van der Waals surface area contributed by atoms with Crippen LogP contribution in [0.15, 0.2) is 42.5 Å². The molecule has 1 aliphatic carbocycles. The molecule has 0 aromatic heterocycles. The van der Waals surface area contributed by atoms with Crippen molar-refractivity contribution >= 4 is 24.0 Å². The molecule has 0 aliphatic heterocycles. The summed E-state index contributed by atoms with van der Waals surface area (Å²) in [6.07, 6.45) is 1.51. The van der Waals surface area contributed by atoms with Crippen LogP contribution in [-0.2, 0) is 4.79 Å². The van der Waals surface area contributed by atoms with Crippen molar-refractivity contribution in [1.82, 2.24) is 0 Å². The molecule has 1 fully saturated rings. The lowest BCUT2D eigenvalue weighted by molar-refractivity contribution is -0.118. The van der Waals surface area contributed by atoms with Gasteiger partial charge in [-0.25, -0.2) is 0 Å². The van der Waals surface area contributed by atoms with Crippen LogP contribution >= 0.6 is 12.4 Å². The summed E-state index contributed by atoms with van der Waals surface area (Å²) in [5, 5.41) is 2.83. The Morgan fingerprint density at radius 2 is 1.61 bits per heavy atom. The summed E-state index contributed by atoms with van der Waals surface area (Å²) >= 11 is 0. The van der Waals surface area contributed by atoms with Gasteiger partial charge in [-0.05, 0) is 74.2 Å². The molecule has 2 aromatic carbocycles. The van der Waals surface area contributed by atoms with Gasteiger partial charge in [0.05, 0.1) is 5.54 Å². The number of hydrogen-bond acceptors (Lipinski definition) is 3. The largest absolute Gasteiger partial charge is 0.457 e. The predicted molar refractivity (Wildman–Crippen MR) is 94.5 cm³/mol. The second kappa shape index (κ2) is 6.60. The lowest BCUT2D eigenvalue weighted by Crippen LogP contribution is -2.37. The molecule has 3 rings (SSSR count). The van der Waals surface area contributed by atoms with Gasteiger partial charge in [-0.1, -0.05) is 6.07 Å². The van der Waals surface area contributed by atoms with Gasteiger partial charge in [-0.3, -0.25) is 4.79 Å². The first-order valence-corrected chi connectivity index (χ1v) is 7.41. The van der Waals surface area contributed by atoms with Crippen molar-refractivity contribution in [3.63, 3.8) is 0 Å². The molecule has 23 heavy (non-hydrogen) atoms. The number of nitrogens with one attached hydrogen (secondary N) is 1. The number of aryl methyl sites for hydroxylation is 2. The van der Waals surface area contributed by atoms with Crippen LogP contribution in [0.4, 0.5) is 5.69 Å². The molecule has 1 saturated carbocycles. The van der Waals surface area contributed by atoms with Gasteiger partial charge in [-0.15, -0.1) is 12.4 Å². The Kier molecular flexibility index (Phi) is 4.97. The standard InChI is InChI=1S/C18H20N2O2.ClH/c1-12-9-13(2)11-16(10-12)22-15-5-3-14(4-6-15)20-17(21)18(19)7-8-18;/h3-6,9-11H,7-8,19H2,1-2H3,(H,20,21);1H. The van der Waals surface area contributed by atoms with E-state index in [1.165, 1.54) is 0 Å². The molecule has 5 heteroatoms. The Morgan fingerprint density at radius 3 is 2.13 bits per heavy atom. The Morgan fingerprint density at radius 1 is 1.04 bits per heavy atom. The monoisotopic (exact) mass is 332 g/mol.